The second kappa shape index (κ2) is 7.74. The summed E-state index contributed by atoms with van der Waals surface area (Å²) in [7, 11) is 3.42. The van der Waals surface area contributed by atoms with E-state index < -0.39 is 0 Å². The molecule has 0 saturated carbocycles. The molecule has 0 N–H and O–H groups in total. The summed E-state index contributed by atoms with van der Waals surface area (Å²) in [5.74, 6) is -0.0452. The second-order valence-electron chi connectivity index (χ2n) is 6.53. The van der Waals surface area contributed by atoms with E-state index in [-0.39, 0.29) is 16.7 Å². The van der Waals surface area contributed by atoms with Crippen molar-refractivity contribution in [3.05, 3.63) is 63.4 Å². The molecule has 2 aromatic carbocycles. The molecule has 0 bridgehead atoms. The van der Waals surface area contributed by atoms with Crippen molar-refractivity contribution in [2.45, 2.75) is 24.3 Å². The van der Waals surface area contributed by atoms with Crippen molar-refractivity contribution in [2.24, 2.45) is 0 Å². The first-order valence-corrected chi connectivity index (χ1v) is 9.71. The summed E-state index contributed by atoms with van der Waals surface area (Å²) in [5, 5.41) is 1.07. The molecule has 1 aromatic heterocycles. The van der Waals surface area contributed by atoms with Gasteiger partial charge in [0.2, 0.25) is 5.91 Å². The molecule has 1 atom stereocenters. The number of carbonyl (C=O) groups excluding carboxylic acids is 1. The number of benzene rings is 2. The van der Waals surface area contributed by atoms with Crippen LogP contribution in [-0.4, -0.2) is 39.7 Å². The van der Waals surface area contributed by atoms with Gasteiger partial charge in [0.05, 0.1) is 21.8 Å². The maximum absolute atomic E-state index is 13.2. The molecule has 0 aliphatic rings. The third-order valence-corrected chi connectivity index (χ3v) is 5.41. The van der Waals surface area contributed by atoms with E-state index in [9.17, 15) is 9.59 Å². The van der Waals surface area contributed by atoms with Crippen LogP contribution < -0.4 is 5.56 Å². The van der Waals surface area contributed by atoms with E-state index >= 15 is 0 Å². The predicted octanol–water partition coefficient (Wildman–Crippen LogP) is 3.92. The maximum atomic E-state index is 13.2. The molecule has 5 nitrogen and oxygen atoms in total. The minimum absolute atomic E-state index is 0.0452. The number of nitrogens with zero attached hydrogens (tertiary/aromatic N) is 3. The SMILES string of the molecule is Cc1cccc(-n2c(S[C@@H](C)C(=O)N(C)C)nc3cc(Cl)ccc3c2=O)c1. The molecule has 0 fully saturated rings. The molecule has 3 aromatic rings. The van der Waals surface area contributed by atoms with Gasteiger partial charge in [0.15, 0.2) is 5.16 Å². The van der Waals surface area contributed by atoms with E-state index in [1.165, 1.54) is 16.7 Å². The Morgan fingerprint density at radius 1 is 1.22 bits per heavy atom. The van der Waals surface area contributed by atoms with E-state index in [4.69, 9.17) is 11.6 Å². The molecule has 0 radical (unpaired) electrons. The minimum Gasteiger partial charge on any atom is -0.348 e. The van der Waals surface area contributed by atoms with E-state index in [0.29, 0.717) is 21.1 Å². The Kier molecular flexibility index (Phi) is 5.58. The molecule has 140 valence electrons. The highest BCUT2D eigenvalue weighted by Gasteiger charge is 2.21. The third-order valence-electron chi connectivity index (χ3n) is 4.13. The highest BCUT2D eigenvalue weighted by Crippen LogP contribution is 2.27. The fraction of sp³-hybridized carbons (Fsp3) is 0.250. The van der Waals surface area contributed by atoms with E-state index in [2.05, 4.69) is 4.98 Å². The number of aryl methyl sites for hydroxylation is 1. The fourth-order valence-corrected chi connectivity index (χ4v) is 4.02. The molecular formula is C20H20ClN3O2S. The molecule has 27 heavy (non-hydrogen) atoms. The molecule has 0 unspecified atom stereocenters. The molecule has 7 heteroatoms. The van der Waals surface area contributed by atoms with Crippen LogP contribution in [0.5, 0.6) is 0 Å². The normalized spacial score (nSPS) is 12.2. The Labute approximate surface area is 167 Å². The van der Waals surface area contributed by atoms with Crippen LogP contribution in [0.15, 0.2) is 52.4 Å². The zero-order valence-electron chi connectivity index (χ0n) is 15.6. The summed E-state index contributed by atoms with van der Waals surface area (Å²) in [5.41, 5.74) is 2.08. The van der Waals surface area contributed by atoms with Gasteiger partial charge >= 0.3 is 0 Å². The lowest BCUT2D eigenvalue weighted by atomic mass is 10.2. The van der Waals surface area contributed by atoms with Gasteiger partial charge < -0.3 is 4.90 Å². The number of aromatic nitrogens is 2. The lowest BCUT2D eigenvalue weighted by Crippen LogP contribution is -2.31. The fourth-order valence-electron chi connectivity index (χ4n) is 2.78. The van der Waals surface area contributed by atoms with Gasteiger partial charge in [0, 0.05) is 19.1 Å². The monoisotopic (exact) mass is 401 g/mol. The van der Waals surface area contributed by atoms with E-state index in [1.807, 2.05) is 38.1 Å². The molecule has 0 aliphatic carbocycles. The zero-order chi connectivity index (χ0) is 19.7. The molecule has 0 aliphatic heterocycles. The average molecular weight is 402 g/mol. The smallest absolute Gasteiger partial charge is 0.266 e. The Morgan fingerprint density at radius 3 is 2.63 bits per heavy atom. The summed E-state index contributed by atoms with van der Waals surface area (Å²) in [4.78, 5) is 31.7. The number of carbonyl (C=O) groups is 1. The standard InChI is InChI=1S/C20H20ClN3O2S/c1-12-6-5-7-15(10-12)24-19(26)16-9-8-14(21)11-17(16)22-20(24)27-13(2)18(25)23(3)4/h5-11,13H,1-4H3/t13-/m0/s1. The van der Waals surface area contributed by atoms with Crippen LogP contribution in [0.25, 0.3) is 16.6 Å². The first kappa shape index (κ1) is 19.5. The van der Waals surface area contributed by atoms with Crippen molar-refractivity contribution in [1.82, 2.24) is 14.5 Å². The van der Waals surface area contributed by atoms with Gasteiger partial charge in [-0.15, -0.1) is 0 Å². The largest absolute Gasteiger partial charge is 0.348 e. The van der Waals surface area contributed by atoms with Crippen molar-refractivity contribution in [3.63, 3.8) is 0 Å². The number of thioether (sulfide) groups is 1. The van der Waals surface area contributed by atoms with Crippen LogP contribution in [0.1, 0.15) is 12.5 Å². The molecule has 0 saturated heterocycles. The lowest BCUT2D eigenvalue weighted by molar-refractivity contribution is -0.127. The van der Waals surface area contributed by atoms with Crippen molar-refractivity contribution in [3.8, 4) is 5.69 Å². The van der Waals surface area contributed by atoms with Crippen LogP contribution in [0.3, 0.4) is 0 Å². The maximum Gasteiger partial charge on any atom is 0.266 e. The highest BCUT2D eigenvalue weighted by atomic mass is 35.5. The quantitative estimate of drug-likeness (QED) is 0.491. The Hall–Kier alpha value is -2.31. The second-order valence-corrected chi connectivity index (χ2v) is 8.27. The van der Waals surface area contributed by atoms with Crippen LogP contribution in [0.4, 0.5) is 0 Å². The summed E-state index contributed by atoms with van der Waals surface area (Å²) >= 11 is 7.34. The molecule has 3 rings (SSSR count). The Balaban J connectivity index is 2.24. The summed E-state index contributed by atoms with van der Waals surface area (Å²) in [6.07, 6.45) is 0. The van der Waals surface area contributed by atoms with E-state index in [1.54, 1.807) is 36.9 Å². The summed E-state index contributed by atoms with van der Waals surface area (Å²) in [6.45, 7) is 3.77. The first-order valence-electron chi connectivity index (χ1n) is 8.45. The molecule has 1 heterocycles. The van der Waals surface area contributed by atoms with Gasteiger partial charge in [0.25, 0.3) is 5.56 Å². The Morgan fingerprint density at radius 2 is 1.96 bits per heavy atom. The van der Waals surface area contributed by atoms with Gasteiger partial charge in [-0.3, -0.25) is 14.2 Å². The number of fused-ring (bicyclic) bond motifs is 1. The molecular weight excluding hydrogens is 382 g/mol. The highest BCUT2D eigenvalue weighted by molar-refractivity contribution is 8.00. The van der Waals surface area contributed by atoms with Crippen LogP contribution in [0, 0.1) is 6.92 Å². The average Bonchev–Trinajstić information content (AvgIpc) is 2.60. The van der Waals surface area contributed by atoms with Gasteiger partial charge in [-0.05, 0) is 49.7 Å². The Bertz CT molecular complexity index is 1080. The number of amides is 1. The third kappa shape index (κ3) is 4.01. The van der Waals surface area contributed by atoms with Gasteiger partial charge in [-0.1, -0.05) is 35.5 Å². The number of rotatable bonds is 4. The van der Waals surface area contributed by atoms with Gasteiger partial charge in [-0.25, -0.2) is 4.98 Å². The summed E-state index contributed by atoms with van der Waals surface area (Å²) < 4.78 is 1.56. The van der Waals surface area contributed by atoms with E-state index in [0.717, 1.165) is 11.3 Å². The minimum atomic E-state index is -0.389. The number of hydrogen-bond donors (Lipinski definition) is 0. The first-order chi connectivity index (χ1) is 12.8. The van der Waals surface area contributed by atoms with Crippen molar-refractivity contribution >= 4 is 40.2 Å². The number of hydrogen-bond acceptors (Lipinski definition) is 4. The van der Waals surface area contributed by atoms with Crippen LogP contribution in [-0.2, 0) is 4.79 Å². The number of halogens is 1. The molecule has 0 spiro atoms. The van der Waals surface area contributed by atoms with Crippen LogP contribution in [0.2, 0.25) is 5.02 Å². The van der Waals surface area contributed by atoms with Crippen LogP contribution >= 0.6 is 23.4 Å². The summed E-state index contributed by atoms with van der Waals surface area (Å²) in [6, 6.07) is 12.7. The zero-order valence-corrected chi connectivity index (χ0v) is 17.1. The topological polar surface area (TPSA) is 55.2 Å². The van der Waals surface area contributed by atoms with Crippen molar-refractivity contribution in [1.29, 1.82) is 0 Å². The van der Waals surface area contributed by atoms with Crippen molar-refractivity contribution < 1.29 is 4.79 Å². The lowest BCUT2D eigenvalue weighted by Gasteiger charge is -2.19. The molecule has 1 amide bonds. The predicted molar refractivity (Wildman–Crippen MR) is 111 cm³/mol. The van der Waals surface area contributed by atoms with Crippen molar-refractivity contribution in [2.75, 3.05) is 14.1 Å². The van der Waals surface area contributed by atoms with Gasteiger partial charge in [0.1, 0.15) is 0 Å². The van der Waals surface area contributed by atoms with Gasteiger partial charge in [-0.2, -0.15) is 0 Å².